The highest BCUT2D eigenvalue weighted by atomic mass is 16.5. The third-order valence-corrected chi connectivity index (χ3v) is 3.45. The molecule has 2 aliphatic rings. The Morgan fingerprint density at radius 3 is 2.38 bits per heavy atom. The normalized spacial score (nSPS) is 29.1. The standard InChI is InChI=1S/C10H20N2O/c1-3-11-5-6-12(4-2)10(7-11)8-13-9-10/h3-9H2,1-2H3. The van der Waals surface area contributed by atoms with Crippen LogP contribution in [0.1, 0.15) is 13.8 Å². The molecule has 2 heterocycles. The Labute approximate surface area is 80.6 Å². The van der Waals surface area contributed by atoms with Crippen LogP contribution in [0.25, 0.3) is 0 Å². The zero-order valence-corrected chi connectivity index (χ0v) is 8.75. The maximum Gasteiger partial charge on any atom is 0.0807 e. The first-order valence-corrected chi connectivity index (χ1v) is 5.36. The summed E-state index contributed by atoms with van der Waals surface area (Å²) in [5.41, 5.74) is 0.378. The Balaban J connectivity index is 2.01. The molecule has 2 aliphatic heterocycles. The fourth-order valence-corrected chi connectivity index (χ4v) is 2.47. The van der Waals surface area contributed by atoms with Crippen molar-refractivity contribution in [3.8, 4) is 0 Å². The molecule has 3 heteroatoms. The fraction of sp³-hybridized carbons (Fsp3) is 1.00. The van der Waals surface area contributed by atoms with Gasteiger partial charge >= 0.3 is 0 Å². The van der Waals surface area contributed by atoms with E-state index in [4.69, 9.17) is 4.74 Å². The third-order valence-electron chi connectivity index (χ3n) is 3.45. The van der Waals surface area contributed by atoms with Crippen molar-refractivity contribution in [2.24, 2.45) is 0 Å². The van der Waals surface area contributed by atoms with Crippen molar-refractivity contribution in [3.63, 3.8) is 0 Å². The van der Waals surface area contributed by atoms with Crippen LogP contribution in [0.2, 0.25) is 0 Å². The van der Waals surface area contributed by atoms with Gasteiger partial charge < -0.3 is 9.64 Å². The molecule has 0 N–H and O–H groups in total. The highest BCUT2D eigenvalue weighted by Gasteiger charge is 2.46. The van der Waals surface area contributed by atoms with Crippen LogP contribution in [0.5, 0.6) is 0 Å². The van der Waals surface area contributed by atoms with Gasteiger partial charge in [0.1, 0.15) is 0 Å². The molecule has 76 valence electrons. The van der Waals surface area contributed by atoms with Gasteiger partial charge in [0.05, 0.1) is 18.8 Å². The molecule has 0 saturated carbocycles. The summed E-state index contributed by atoms with van der Waals surface area (Å²) in [4.78, 5) is 5.12. The summed E-state index contributed by atoms with van der Waals surface area (Å²) in [5, 5.41) is 0. The number of hydrogen-bond donors (Lipinski definition) is 0. The Morgan fingerprint density at radius 1 is 1.15 bits per heavy atom. The first-order valence-electron chi connectivity index (χ1n) is 5.36. The van der Waals surface area contributed by atoms with Gasteiger partial charge in [-0.05, 0) is 13.1 Å². The summed E-state index contributed by atoms with van der Waals surface area (Å²) in [6.07, 6.45) is 0. The van der Waals surface area contributed by atoms with E-state index < -0.39 is 0 Å². The average molecular weight is 184 g/mol. The minimum atomic E-state index is 0.378. The molecule has 2 rings (SSSR count). The molecule has 0 unspecified atom stereocenters. The van der Waals surface area contributed by atoms with E-state index >= 15 is 0 Å². The minimum absolute atomic E-state index is 0.378. The predicted molar refractivity (Wildman–Crippen MR) is 52.9 cm³/mol. The largest absolute Gasteiger partial charge is 0.377 e. The molecule has 0 aromatic carbocycles. The van der Waals surface area contributed by atoms with Gasteiger partial charge in [-0.2, -0.15) is 0 Å². The van der Waals surface area contributed by atoms with Crippen molar-refractivity contribution < 1.29 is 4.74 Å². The van der Waals surface area contributed by atoms with E-state index in [1.54, 1.807) is 0 Å². The van der Waals surface area contributed by atoms with Gasteiger partial charge in [-0.1, -0.05) is 13.8 Å². The van der Waals surface area contributed by atoms with E-state index in [9.17, 15) is 0 Å². The van der Waals surface area contributed by atoms with Crippen molar-refractivity contribution in [2.45, 2.75) is 19.4 Å². The Hall–Kier alpha value is -0.120. The molecule has 0 radical (unpaired) electrons. The predicted octanol–water partition coefficient (Wildman–Crippen LogP) is 0.413. The van der Waals surface area contributed by atoms with Gasteiger partial charge in [0.25, 0.3) is 0 Å². The summed E-state index contributed by atoms with van der Waals surface area (Å²) in [6.45, 7) is 12.4. The molecular formula is C10H20N2O. The van der Waals surface area contributed by atoms with Crippen molar-refractivity contribution in [3.05, 3.63) is 0 Å². The third kappa shape index (κ3) is 1.49. The van der Waals surface area contributed by atoms with Crippen LogP contribution < -0.4 is 0 Å². The van der Waals surface area contributed by atoms with Gasteiger partial charge in [0, 0.05) is 19.6 Å². The van der Waals surface area contributed by atoms with Crippen molar-refractivity contribution in [1.29, 1.82) is 0 Å². The molecule has 0 aromatic heterocycles. The lowest BCUT2D eigenvalue weighted by molar-refractivity contribution is -0.167. The molecule has 2 saturated heterocycles. The van der Waals surface area contributed by atoms with Crippen LogP contribution in [-0.4, -0.2) is 61.3 Å². The number of hydrogen-bond acceptors (Lipinski definition) is 3. The summed E-state index contributed by atoms with van der Waals surface area (Å²) in [6, 6.07) is 0. The van der Waals surface area contributed by atoms with Crippen LogP contribution in [0.4, 0.5) is 0 Å². The number of nitrogens with zero attached hydrogens (tertiary/aromatic N) is 2. The maximum absolute atomic E-state index is 5.37. The van der Waals surface area contributed by atoms with E-state index in [-0.39, 0.29) is 0 Å². The number of piperazine rings is 1. The molecule has 1 spiro atoms. The Bertz CT molecular complexity index is 180. The zero-order chi connectivity index (χ0) is 9.31. The Morgan fingerprint density at radius 2 is 1.92 bits per heavy atom. The second-order valence-electron chi connectivity index (χ2n) is 4.17. The lowest BCUT2D eigenvalue weighted by Crippen LogP contribution is -2.71. The quantitative estimate of drug-likeness (QED) is 0.618. The van der Waals surface area contributed by atoms with Crippen molar-refractivity contribution >= 4 is 0 Å². The molecule has 2 fully saturated rings. The second kappa shape index (κ2) is 3.56. The molecule has 0 aliphatic carbocycles. The van der Waals surface area contributed by atoms with E-state index in [0.29, 0.717) is 5.54 Å². The van der Waals surface area contributed by atoms with Gasteiger partial charge in [-0.25, -0.2) is 0 Å². The zero-order valence-electron chi connectivity index (χ0n) is 8.75. The topological polar surface area (TPSA) is 15.7 Å². The highest BCUT2D eigenvalue weighted by Crippen LogP contribution is 2.28. The SMILES string of the molecule is CCN1CCN(CC)C2(COC2)C1. The number of likely N-dealkylation sites (N-methyl/N-ethyl adjacent to an activating group) is 2. The minimum Gasteiger partial charge on any atom is -0.377 e. The van der Waals surface area contributed by atoms with Gasteiger partial charge in [0.2, 0.25) is 0 Å². The fourth-order valence-electron chi connectivity index (χ4n) is 2.47. The van der Waals surface area contributed by atoms with Crippen LogP contribution in [0.3, 0.4) is 0 Å². The number of rotatable bonds is 2. The molecule has 3 nitrogen and oxygen atoms in total. The summed E-state index contributed by atoms with van der Waals surface area (Å²) in [5.74, 6) is 0. The first kappa shape index (κ1) is 9.44. The van der Waals surface area contributed by atoms with Crippen LogP contribution >= 0.6 is 0 Å². The lowest BCUT2D eigenvalue weighted by atomic mass is 9.91. The molecule has 0 aromatic rings. The van der Waals surface area contributed by atoms with Crippen molar-refractivity contribution in [2.75, 3.05) is 45.9 Å². The van der Waals surface area contributed by atoms with E-state index in [2.05, 4.69) is 23.6 Å². The van der Waals surface area contributed by atoms with E-state index in [1.807, 2.05) is 0 Å². The van der Waals surface area contributed by atoms with Crippen LogP contribution in [-0.2, 0) is 4.74 Å². The van der Waals surface area contributed by atoms with Gasteiger partial charge in [-0.15, -0.1) is 0 Å². The van der Waals surface area contributed by atoms with Crippen LogP contribution in [0.15, 0.2) is 0 Å². The molecular weight excluding hydrogens is 164 g/mol. The van der Waals surface area contributed by atoms with Gasteiger partial charge in [-0.3, -0.25) is 4.90 Å². The smallest absolute Gasteiger partial charge is 0.0807 e. The van der Waals surface area contributed by atoms with Crippen molar-refractivity contribution in [1.82, 2.24) is 9.80 Å². The lowest BCUT2D eigenvalue weighted by Gasteiger charge is -2.55. The summed E-state index contributed by atoms with van der Waals surface area (Å²) < 4.78 is 5.37. The Kier molecular flexibility index (Phi) is 2.58. The molecule has 0 bridgehead atoms. The average Bonchev–Trinajstić information content (AvgIpc) is 2.14. The van der Waals surface area contributed by atoms with Crippen LogP contribution in [0, 0.1) is 0 Å². The highest BCUT2D eigenvalue weighted by molar-refractivity contribution is 5.01. The number of ether oxygens (including phenoxy) is 1. The summed E-state index contributed by atoms with van der Waals surface area (Å²) >= 11 is 0. The maximum atomic E-state index is 5.37. The van der Waals surface area contributed by atoms with Gasteiger partial charge in [0.15, 0.2) is 0 Å². The molecule has 13 heavy (non-hydrogen) atoms. The molecule has 0 amide bonds. The second-order valence-corrected chi connectivity index (χ2v) is 4.17. The molecule has 0 atom stereocenters. The monoisotopic (exact) mass is 184 g/mol. The van der Waals surface area contributed by atoms with E-state index in [0.717, 1.165) is 13.2 Å². The van der Waals surface area contributed by atoms with E-state index in [1.165, 1.54) is 32.7 Å². The summed E-state index contributed by atoms with van der Waals surface area (Å²) in [7, 11) is 0. The first-order chi connectivity index (χ1) is 6.30.